The molecule has 0 aromatic heterocycles. The van der Waals surface area contributed by atoms with E-state index in [9.17, 15) is 0 Å². The van der Waals surface area contributed by atoms with Crippen molar-refractivity contribution in [3.8, 4) is 0 Å². The lowest BCUT2D eigenvalue weighted by Gasteiger charge is -2.18. The Hall–Kier alpha value is -0.0400. The van der Waals surface area contributed by atoms with Gasteiger partial charge in [0.25, 0.3) is 0 Å². The lowest BCUT2D eigenvalue weighted by atomic mass is 9.89. The quantitative estimate of drug-likeness (QED) is 0.648. The van der Waals surface area contributed by atoms with Crippen LogP contribution in [0.15, 0.2) is 0 Å². The van der Waals surface area contributed by atoms with Gasteiger partial charge in [0.05, 0.1) is 0 Å². The molecule has 1 N–H and O–H groups in total. The fourth-order valence-corrected chi connectivity index (χ4v) is 1.79. The fourth-order valence-electron chi connectivity index (χ4n) is 1.79. The van der Waals surface area contributed by atoms with Crippen LogP contribution in [0.4, 0.5) is 0 Å². The van der Waals surface area contributed by atoms with Crippen LogP contribution in [-0.4, -0.2) is 11.7 Å². The lowest BCUT2D eigenvalue weighted by molar-refractivity contribution is 0.180. The summed E-state index contributed by atoms with van der Waals surface area (Å²) in [5.41, 5.74) is 0.372. The third-order valence-corrected chi connectivity index (χ3v) is 3.17. The average molecular weight is 156 g/mol. The second-order valence-electron chi connectivity index (χ2n) is 4.04. The highest BCUT2D eigenvalue weighted by Gasteiger charge is 2.42. The minimum atomic E-state index is 0.372. The molecule has 1 aliphatic carbocycles. The van der Waals surface area contributed by atoms with E-state index >= 15 is 0 Å². The van der Waals surface area contributed by atoms with E-state index in [1.807, 2.05) is 0 Å². The van der Waals surface area contributed by atoms with Crippen LogP contribution < -0.4 is 0 Å². The van der Waals surface area contributed by atoms with Crippen molar-refractivity contribution in [2.45, 2.75) is 46.0 Å². The monoisotopic (exact) mass is 156 g/mol. The van der Waals surface area contributed by atoms with E-state index < -0.39 is 0 Å². The first-order valence-corrected chi connectivity index (χ1v) is 4.87. The summed E-state index contributed by atoms with van der Waals surface area (Å²) in [4.78, 5) is 0. The van der Waals surface area contributed by atoms with Gasteiger partial charge >= 0.3 is 0 Å². The van der Waals surface area contributed by atoms with Crippen LogP contribution in [0.2, 0.25) is 0 Å². The summed E-state index contributed by atoms with van der Waals surface area (Å²) in [5.74, 6) is 0.852. The molecule has 0 aromatic carbocycles. The Kier molecular flexibility index (Phi) is 2.94. The molecule has 1 saturated carbocycles. The van der Waals surface area contributed by atoms with Crippen LogP contribution in [-0.2, 0) is 0 Å². The molecule has 1 heteroatoms. The Morgan fingerprint density at radius 3 is 2.09 bits per heavy atom. The molecule has 11 heavy (non-hydrogen) atoms. The molecule has 0 atom stereocenters. The van der Waals surface area contributed by atoms with Crippen LogP contribution in [0, 0.1) is 11.3 Å². The van der Waals surface area contributed by atoms with E-state index in [0.29, 0.717) is 12.0 Å². The van der Waals surface area contributed by atoms with Crippen LogP contribution >= 0.6 is 0 Å². The maximum absolute atomic E-state index is 9.10. The van der Waals surface area contributed by atoms with E-state index in [1.165, 1.54) is 32.1 Å². The molecule has 0 saturated heterocycles. The molecule has 0 heterocycles. The molecule has 0 spiro atoms. The normalized spacial score (nSPS) is 20.7. The average Bonchev–Trinajstić information content (AvgIpc) is 2.81. The van der Waals surface area contributed by atoms with Crippen LogP contribution in [0.1, 0.15) is 46.0 Å². The third kappa shape index (κ3) is 2.19. The molecule has 0 radical (unpaired) electrons. The first kappa shape index (κ1) is 9.05. The largest absolute Gasteiger partial charge is 0.396 e. The summed E-state index contributed by atoms with van der Waals surface area (Å²) in [6.07, 6.45) is 6.34. The van der Waals surface area contributed by atoms with Crippen LogP contribution in [0.3, 0.4) is 0 Å². The van der Waals surface area contributed by atoms with Crippen LogP contribution in [0.5, 0.6) is 0 Å². The number of hydrogen-bond donors (Lipinski definition) is 1. The van der Waals surface area contributed by atoms with Gasteiger partial charge in [-0.1, -0.05) is 26.7 Å². The summed E-state index contributed by atoms with van der Waals surface area (Å²) in [5, 5.41) is 9.10. The van der Waals surface area contributed by atoms with Gasteiger partial charge in [-0.15, -0.1) is 0 Å². The van der Waals surface area contributed by atoms with E-state index in [-0.39, 0.29) is 0 Å². The molecule has 0 amide bonds. The minimum Gasteiger partial charge on any atom is -0.396 e. The fraction of sp³-hybridized carbons (Fsp3) is 1.00. The van der Waals surface area contributed by atoms with Gasteiger partial charge in [0.1, 0.15) is 0 Å². The van der Waals surface area contributed by atoms with Crippen molar-refractivity contribution in [1.29, 1.82) is 0 Å². The van der Waals surface area contributed by atoms with E-state index in [1.54, 1.807) is 0 Å². The first-order valence-electron chi connectivity index (χ1n) is 4.87. The molecular weight excluding hydrogens is 136 g/mol. The third-order valence-electron chi connectivity index (χ3n) is 3.17. The molecule has 1 fully saturated rings. The first-order chi connectivity index (χ1) is 5.26. The molecular formula is C10H20O. The van der Waals surface area contributed by atoms with Crippen molar-refractivity contribution in [1.82, 2.24) is 0 Å². The minimum absolute atomic E-state index is 0.372. The molecule has 1 aliphatic rings. The summed E-state index contributed by atoms with van der Waals surface area (Å²) in [7, 11) is 0. The van der Waals surface area contributed by atoms with Crippen molar-refractivity contribution >= 4 is 0 Å². The predicted octanol–water partition coefficient (Wildman–Crippen LogP) is 2.59. The van der Waals surface area contributed by atoms with Crippen LogP contribution in [0.25, 0.3) is 0 Å². The van der Waals surface area contributed by atoms with Crippen molar-refractivity contribution in [2.24, 2.45) is 11.3 Å². The van der Waals surface area contributed by atoms with Gasteiger partial charge < -0.3 is 5.11 Å². The van der Waals surface area contributed by atoms with Gasteiger partial charge in [-0.05, 0) is 30.6 Å². The van der Waals surface area contributed by atoms with Crippen molar-refractivity contribution in [2.75, 3.05) is 6.61 Å². The van der Waals surface area contributed by atoms with E-state index in [2.05, 4.69) is 13.8 Å². The molecule has 1 rings (SSSR count). The number of hydrogen-bond acceptors (Lipinski definition) is 1. The number of rotatable bonds is 5. The van der Waals surface area contributed by atoms with Gasteiger partial charge in [0.15, 0.2) is 0 Å². The van der Waals surface area contributed by atoms with Crippen molar-refractivity contribution in [3.05, 3.63) is 0 Å². The predicted molar refractivity (Wildman–Crippen MR) is 47.4 cm³/mol. The topological polar surface area (TPSA) is 20.2 Å². The van der Waals surface area contributed by atoms with Gasteiger partial charge in [0, 0.05) is 6.61 Å². The van der Waals surface area contributed by atoms with Gasteiger partial charge in [-0.3, -0.25) is 0 Å². The van der Waals surface area contributed by atoms with E-state index in [4.69, 9.17) is 5.11 Å². The van der Waals surface area contributed by atoms with E-state index in [0.717, 1.165) is 5.92 Å². The molecule has 0 aromatic rings. The zero-order valence-corrected chi connectivity index (χ0v) is 7.77. The van der Waals surface area contributed by atoms with Gasteiger partial charge in [-0.2, -0.15) is 0 Å². The summed E-state index contributed by atoms with van der Waals surface area (Å²) in [6.45, 7) is 4.92. The lowest BCUT2D eigenvalue weighted by Crippen LogP contribution is -2.12. The Bertz CT molecular complexity index is 112. The SMILES string of the molecule is CCC(CC)CC1(CO)CC1. The second kappa shape index (κ2) is 3.57. The molecule has 1 nitrogen and oxygen atoms in total. The van der Waals surface area contributed by atoms with Crippen molar-refractivity contribution in [3.63, 3.8) is 0 Å². The Balaban J connectivity index is 2.27. The molecule has 66 valence electrons. The molecule has 0 bridgehead atoms. The molecule has 0 unspecified atom stereocenters. The maximum atomic E-state index is 9.10. The highest BCUT2D eigenvalue weighted by atomic mass is 16.3. The summed E-state index contributed by atoms with van der Waals surface area (Å²) >= 11 is 0. The Morgan fingerprint density at radius 2 is 1.82 bits per heavy atom. The standard InChI is InChI=1S/C10H20O/c1-3-9(4-2)7-10(8-11)5-6-10/h9,11H,3-8H2,1-2H3. The van der Waals surface area contributed by atoms with Gasteiger partial charge in [0.2, 0.25) is 0 Å². The Labute approximate surface area is 69.8 Å². The second-order valence-corrected chi connectivity index (χ2v) is 4.04. The maximum Gasteiger partial charge on any atom is 0.0487 e. The summed E-state index contributed by atoms with van der Waals surface area (Å²) in [6, 6.07) is 0. The number of aliphatic hydroxyl groups is 1. The molecule has 0 aliphatic heterocycles. The highest BCUT2D eigenvalue weighted by Crippen LogP contribution is 2.50. The zero-order chi connectivity index (χ0) is 8.32. The Morgan fingerprint density at radius 1 is 1.27 bits per heavy atom. The highest BCUT2D eigenvalue weighted by molar-refractivity contribution is 4.93. The smallest absolute Gasteiger partial charge is 0.0487 e. The van der Waals surface area contributed by atoms with Crippen molar-refractivity contribution < 1.29 is 5.11 Å². The number of aliphatic hydroxyl groups excluding tert-OH is 1. The van der Waals surface area contributed by atoms with Gasteiger partial charge in [-0.25, -0.2) is 0 Å². The summed E-state index contributed by atoms with van der Waals surface area (Å²) < 4.78 is 0. The zero-order valence-electron chi connectivity index (χ0n) is 7.77.